The average molecular weight is 526 g/mol. The lowest BCUT2D eigenvalue weighted by atomic mass is 9.81. The number of H-pyrrole nitrogens is 2. The van der Waals surface area contributed by atoms with E-state index >= 15 is 0 Å². The van der Waals surface area contributed by atoms with E-state index in [1.54, 1.807) is 18.3 Å². The molecule has 10 heteroatoms. The molecule has 0 bridgehead atoms. The fraction of sp³-hybridized carbons (Fsp3) is 0.536. The second kappa shape index (κ2) is 11.2. The molecule has 2 amide bonds. The lowest BCUT2D eigenvalue weighted by molar-refractivity contribution is -0.125. The summed E-state index contributed by atoms with van der Waals surface area (Å²) in [6, 6.07) is 3.75. The Kier molecular flexibility index (Phi) is 7.80. The van der Waals surface area contributed by atoms with Crippen LogP contribution in [-0.4, -0.2) is 66.2 Å². The molecule has 0 spiro atoms. The number of hydrogen-bond donors (Lipinski definition) is 5. The summed E-state index contributed by atoms with van der Waals surface area (Å²) in [6.45, 7) is 0. The standard InChI is InChI=1S/C28H36FN5O4/c29-19-8-9-21-18(11-19)12-22(33-21)28(38)34(24(27(30)37)13-20-14-31-15-32-20)23(10-16-4-2-1-3-5-16)26(36)25(35)17-6-7-17/h8-9,11-12,14-17,23-26,33,35-36H,1-7,10,13H2,(H2,30,37)(H,31,32)/t23-,24?,25-,26+/m0/s1. The Bertz CT molecular complexity index is 1250. The molecule has 9 nitrogen and oxygen atoms in total. The van der Waals surface area contributed by atoms with Crippen LogP contribution in [0, 0.1) is 17.7 Å². The predicted molar refractivity (Wildman–Crippen MR) is 139 cm³/mol. The maximum atomic E-state index is 14.2. The number of fused-ring (bicyclic) bond motifs is 1. The van der Waals surface area contributed by atoms with Gasteiger partial charge >= 0.3 is 0 Å². The van der Waals surface area contributed by atoms with Crippen LogP contribution in [0.25, 0.3) is 10.9 Å². The van der Waals surface area contributed by atoms with E-state index in [9.17, 15) is 24.2 Å². The number of amides is 2. The fourth-order valence-corrected chi connectivity index (χ4v) is 5.94. The maximum Gasteiger partial charge on any atom is 0.271 e. The van der Waals surface area contributed by atoms with Gasteiger partial charge in [0.25, 0.3) is 5.91 Å². The quantitative estimate of drug-likeness (QED) is 0.261. The van der Waals surface area contributed by atoms with Crippen molar-refractivity contribution < 1.29 is 24.2 Å². The zero-order valence-corrected chi connectivity index (χ0v) is 21.4. The molecule has 2 fully saturated rings. The molecule has 2 heterocycles. The largest absolute Gasteiger partial charge is 0.390 e. The first kappa shape index (κ1) is 26.4. The number of aliphatic hydroxyl groups excluding tert-OH is 2. The number of rotatable bonds is 11. The zero-order valence-electron chi connectivity index (χ0n) is 21.4. The second-order valence-electron chi connectivity index (χ2n) is 10.9. The number of aromatic amines is 2. The third kappa shape index (κ3) is 5.76. The van der Waals surface area contributed by atoms with Gasteiger partial charge in [-0.1, -0.05) is 32.1 Å². The molecule has 1 aromatic carbocycles. The van der Waals surface area contributed by atoms with Gasteiger partial charge in [0.05, 0.1) is 24.2 Å². The van der Waals surface area contributed by atoms with E-state index in [2.05, 4.69) is 15.0 Å². The van der Waals surface area contributed by atoms with E-state index in [-0.39, 0.29) is 24.0 Å². The number of carbonyl (C=O) groups excluding carboxylic acids is 2. The van der Waals surface area contributed by atoms with Crippen LogP contribution >= 0.6 is 0 Å². The van der Waals surface area contributed by atoms with Crippen LogP contribution in [0.5, 0.6) is 0 Å². The number of imidazole rings is 1. The molecular weight excluding hydrogens is 489 g/mol. The van der Waals surface area contributed by atoms with E-state index in [4.69, 9.17) is 5.73 Å². The fourth-order valence-electron chi connectivity index (χ4n) is 5.94. The van der Waals surface area contributed by atoms with Crippen molar-refractivity contribution in [2.75, 3.05) is 0 Å². The summed E-state index contributed by atoms with van der Waals surface area (Å²) in [5.74, 6) is -1.50. The van der Waals surface area contributed by atoms with Crippen LogP contribution in [0.3, 0.4) is 0 Å². The molecule has 2 aromatic heterocycles. The lowest BCUT2D eigenvalue weighted by Gasteiger charge is -2.42. The molecule has 2 saturated carbocycles. The number of nitrogens with two attached hydrogens (primary N) is 1. The molecule has 3 aromatic rings. The van der Waals surface area contributed by atoms with Crippen LogP contribution in [0.15, 0.2) is 36.8 Å². The average Bonchev–Trinajstić information content (AvgIpc) is 3.46. The number of hydrogen-bond acceptors (Lipinski definition) is 5. The van der Waals surface area contributed by atoms with Gasteiger partial charge in [-0.05, 0) is 55.4 Å². The normalized spacial score (nSPS) is 19.7. The molecule has 5 rings (SSSR count). The van der Waals surface area contributed by atoms with Crippen LogP contribution < -0.4 is 5.73 Å². The molecule has 0 radical (unpaired) electrons. The van der Waals surface area contributed by atoms with E-state index in [1.165, 1.54) is 23.4 Å². The SMILES string of the molecule is NC(=O)C(Cc1c[nH]cn1)N(C(=O)c1cc2cc(F)ccc2[nH]1)[C@@H](CC1CCCCC1)[C@@H](O)[C@@H](O)C1CC1. The molecule has 204 valence electrons. The highest BCUT2D eigenvalue weighted by molar-refractivity contribution is 6.00. The summed E-state index contributed by atoms with van der Waals surface area (Å²) in [5.41, 5.74) is 7.17. The predicted octanol–water partition coefficient (Wildman–Crippen LogP) is 3.04. The summed E-state index contributed by atoms with van der Waals surface area (Å²) in [5, 5.41) is 23.1. The minimum Gasteiger partial charge on any atom is -0.390 e. The van der Waals surface area contributed by atoms with Crippen molar-refractivity contribution in [1.29, 1.82) is 0 Å². The summed E-state index contributed by atoms with van der Waals surface area (Å²) in [7, 11) is 0. The Morgan fingerprint density at radius 1 is 1.13 bits per heavy atom. The Morgan fingerprint density at radius 3 is 2.55 bits per heavy atom. The van der Waals surface area contributed by atoms with Crippen molar-refractivity contribution in [2.45, 2.75) is 82.1 Å². The first-order valence-electron chi connectivity index (χ1n) is 13.6. The molecule has 38 heavy (non-hydrogen) atoms. The Hall–Kier alpha value is -3.24. The first-order valence-corrected chi connectivity index (χ1v) is 13.6. The number of halogens is 1. The van der Waals surface area contributed by atoms with Crippen molar-refractivity contribution in [3.8, 4) is 0 Å². The van der Waals surface area contributed by atoms with Crippen molar-refractivity contribution >= 4 is 22.7 Å². The van der Waals surface area contributed by atoms with Gasteiger partial charge in [-0.3, -0.25) is 9.59 Å². The van der Waals surface area contributed by atoms with Crippen molar-refractivity contribution in [1.82, 2.24) is 19.9 Å². The second-order valence-corrected chi connectivity index (χ2v) is 10.9. The maximum absolute atomic E-state index is 14.2. The summed E-state index contributed by atoms with van der Waals surface area (Å²) < 4.78 is 13.9. The highest BCUT2D eigenvalue weighted by Gasteiger charge is 2.45. The summed E-state index contributed by atoms with van der Waals surface area (Å²) >= 11 is 0. The topological polar surface area (TPSA) is 148 Å². The third-order valence-electron chi connectivity index (χ3n) is 8.18. The lowest BCUT2D eigenvalue weighted by Crippen LogP contribution is -2.60. The summed E-state index contributed by atoms with van der Waals surface area (Å²) in [4.78, 5) is 38.7. The van der Waals surface area contributed by atoms with E-state index in [1.807, 2.05) is 0 Å². The van der Waals surface area contributed by atoms with Crippen molar-refractivity contribution in [3.05, 3.63) is 54.0 Å². The van der Waals surface area contributed by atoms with Crippen molar-refractivity contribution in [2.24, 2.45) is 17.6 Å². The number of nitrogens with zero attached hydrogens (tertiary/aromatic N) is 2. The monoisotopic (exact) mass is 525 g/mol. The number of benzene rings is 1. The third-order valence-corrected chi connectivity index (χ3v) is 8.18. The number of carbonyl (C=O) groups is 2. The van der Waals surface area contributed by atoms with Crippen molar-refractivity contribution in [3.63, 3.8) is 0 Å². The molecule has 0 aliphatic heterocycles. The highest BCUT2D eigenvalue weighted by Crippen LogP contribution is 2.38. The molecule has 1 unspecified atom stereocenters. The van der Waals surface area contributed by atoms with Gasteiger partial charge < -0.3 is 30.8 Å². The van der Waals surface area contributed by atoms with Gasteiger partial charge in [0.15, 0.2) is 0 Å². The Morgan fingerprint density at radius 2 is 1.89 bits per heavy atom. The number of aromatic nitrogens is 3. The van der Waals surface area contributed by atoms with Crippen LogP contribution in [0.1, 0.15) is 67.5 Å². The number of nitrogens with one attached hydrogen (secondary N) is 2. The van der Waals surface area contributed by atoms with Gasteiger partial charge in [-0.2, -0.15) is 0 Å². The highest BCUT2D eigenvalue weighted by atomic mass is 19.1. The van der Waals surface area contributed by atoms with Gasteiger partial charge in [-0.25, -0.2) is 9.37 Å². The molecular formula is C28H36FN5O4. The minimum absolute atomic E-state index is 0.0368. The van der Waals surface area contributed by atoms with Gasteiger partial charge in [0, 0.05) is 23.5 Å². The summed E-state index contributed by atoms with van der Waals surface area (Å²) in [6.07, 6.45) is 8.13. The Labute approximate surface area is 220 Å². The molecule has 2 aliphatic carbocycles. The van der Waals surface area contributed by atoms with Gasteiger partial charge in [0.2, 0.25) is 5.91 Å². The Balaban J connectivity index is 1.57. The molecule has 4 atom stereocenters. The van der Waals surface area contributed by atoms with E-state index in [0.717, 1.165) is 44.9 Å². The molecule has 2 aliphatic rings. The van der Waals surface area contributed by atoms with E-state index in [0.29, 0.717) is 23.0 Å². The van der Waals surface area contributed by atoms with Crippen LogP contribution in [0.4, 0.5) is 4.39 Å². The zero-order chi connectivity index (χ0) is 26.8. The van der Waals surface area contributed by atoms with Gasteiger partial charge in [-0.15, -0.1) is 0 Å². The smallest absolute Gasteiger partial charge is 0.271 e. The van der Waals surface area contributed by atoms with Crippen LogP contribution in [-0.2, 0) is 11.2 Å². The first-order chi connectivity index (χ1) is 18.3. The number of aliphatic hydroxyl groups is 2. The molecule has 0 saturated heterocycles. The van der Waals surface area contributed by atoms with E-state index < -0.39 is 41.9 Å². The minimum atomic E-state index is -1.25. The van der Waals surface area contributed by atoms with Gasteiger partial charge in [0.1, 0.15) is 23.7 Å². The van der Waals surface area contributed by atoms with Crippen LogP contribution in [0.2, 0.25) is 0 Å². The molecule has 6 N–H and O–H groups in total. The number of primary amides is 1.